The Bertz CT molecular complexity index is 183. The third-order valence-corrected chi connectivity index (χ3v) is 3.56. The number of hydrogen-bond donors (Lipinski definition) is 0. The molecule has 0 radical (unpaired) electrons. The molecule has 70 valence electrons. The van der Waals surface area contributed by atoms with Gasteiger partial charge in [0.2, 0.25) is 0 Å². The van der Waals surface area contributed by atoms with E-state index in [1.807, 2.05) is 0 Å². The first-order chi connectivity index (χ1) is 5.49. The van der Waals surface area contributed by atoms with E-state index in [9.17, 15) is 4.79 Å². The Labute approximate surface area is 75.5 Å². The van der Waals surface area contributed by atoms with E-state index in [0.717, 1.165) is 19.3 Å². The van der Waals surface area contributed by atoms with Crippen LogP contribution in [0.4, 0.5) is 0 Å². The highest BCUT2D eigenvalue weighted by atomic mass is 16.1. The zero-order chi connectivity index (χ0) is 9.35. The highest BCUT2D eigenvalue weighted by Gasteiger charge is 2.41. The molecule has 1 rings (SSSR count). The molecule has 2 unspecified atom stereocenters. The van der Waals surface area contributed by atoms with Crippen LogP contribution in [-0.4, -0.2) is 5.78 Å². The summed E-state index contributed by atoms with van der Waals surface area (Å²) in [4.78, 5) is 11.6. The lowest BCUT2D eigenvalue weighted by Gasteiger charge is -2.21. The Morgan fingerprint density at radius 3 is 2.42 bits per heavy atom. The maximum absolute atomic E-state index is 11.6. The second-order valence-corrected chi connectivity index (χ2v) is 4.75. The summed E-state index contributed by atoms with van der Waals surface area (Å²) in [6.07, 6.45) is 2.94. The Kier molecular flexibility index (Phi) is 2.60. The maximum Gasteiger partial charge on any atom is 0.139 e. The Morgan fingerprint density at radius 2 is 2.17 bits per heavy atom. The van der Waals surface area contributed by atoms with Crippen molar-refractivity contribution in [3.63, 3.8) is 0 Å². The molecule has 0 bridgehead atoms. The summed E-state index contributed by atoms with van der Waals surface area (Å²) in [6.45, 7) is 8.69. The van der Waals surface area contributed by atoms with Gasteiger partial charge in [0.1, 0.15) is 5.78 Å². The zero-order valence-corrected chi connectivity index (χ0v) is 8.68. The Morgan fingerprint density at radius 1 is 1.58 bits per heavy atom. The first-order valence-electron chi connectivity index (χ1n) is 5.03. The molecule has 12 heavy (non-hydrogen) atoms. The Balaban J connectivity index is 2.68. The van der Waals surface area contributed by atoms with Gasteiger partial charge in [-0.1, -0.05) is 27.7 Å². The molecule has 0 heterocycles. The molecular formula is C11H20O. The molecule has 0 saturated heterocycles. The summed E-state index contributed by atoms with van der Waals surface area (Å²) in [5.74, 6) is 1.80. The minimum absolute atomic E-state index is 0.00887. The predicted octanol–water partition coefficient (Wildman–Crippen LogP) is 3.04. The number of rotatable bonds is 2. The second-order valence-electron chi connectivity index (χ2n) is 4.75. The third kappa shape index (κ3) is 1.55. The van der Waals surface area contributed by atoms with Crippen molar-refractivity contribution in [2.45, 2.75) is 47.0 Å². The lowest BCUT2D eigenvalue weighted by atomic mass is 9.82. The van der Waals surface area contributed by atoms with Crippen LogP contribution in [0.3, 0.4) is 0 Å². The number of Topliss-reactive ketones (excluding diaryl/α,β-unsaturated/α-hetero) is 1. The molecule has 0 aromatic carbocycles. The first kappa shape index (κ1) is 9.76. The third-order valence-electron chi connectivity index (χ3n) is 3.56. The van der Waals surface area contributed by atoms with Crippen LogP contribution in [0.1, 0.15) is 47.0 Å². The van der Waals surface area contributed by atoms with Crippen molar-refractivity contribution in [3.8, 4) is 0 Å². The SMILES string of the molecule is CCC1(C)CC(C(C)C)CC1=O. The van der Waals surface area contributed by atoms with Crippen molar-refractivity contribution in [1.29, 1.82) is 0 Å². The maximum atomic E-state index is 11.6. The van der Waals surface area contributed by atoms with Gasteiger partial charge in [0.25, 0.3) is 0 Å². The van der Waals surface area contributed by atoms with Crippen molar-refractivity contribution < 1.29 is 4.79 Å². The number of ketones is 1. The minimum atomic E-state index is 0.00887. The zero-order valence-electron chi connectivity index (χ0n) is 8.68. The highest BCUT2D eigenvalue weighted by molar-refractivity contribution is 5.86. The van der Waals surface area contributed by atoms with Gasteiger partial charge >= 0.3 is 0 Å². The average molecular weight is 168 g/mol. The lowest BCUT2D eigenvalue weighted by Crippen LogP contribution is -2.19. The Hall–Kier alpha value is -0.330. The molecule has 1 aliphatic rings. The molecule has 2 atom stereocenters. The van der Waals surface area contributed by atoms with Crippen LogP contribution in [0.2, 0.25) is 0 Å². The average Bonchev–Trinajstić information content (AvgIpc) is 2.30. The van der Waals surface area contributed by atoms with E-state index >= 15 is 0 Å². The van der Waals surface area contributed by atoms with E-state index in [4.69, 9.17) is 0 Å². The molecular weight excluding hydrogens is 148 g/mol. The first-order valence-corrected chi connectivity index (χ1v) is 5.03. The van der Waals surface area contributed by atoms with Gasteiger partial charge in [0, 0.05) is 11.8 Å². The van der Waals surface area contributed by atoms with Gasteiger partial charge in [-0.25, -0.2) is 0 Å². The molecule has 0 N–H and O–H groups in total. The summed E-state index contributed by atoms with van der Waals surface area (Å²) in [7, 11) is 0. The standard InChI is InChI=1S/C11H20O/c1-5-11(4)7-9(8(2)3)6-10(11)12/h8-9H,5-7H2,1-4H3. The van der Waals surface area contributed by atoms with Crippen molar-refractivity contribution in [3.05, 3.63) is 0 Å². The van der Waals surface area contributed by atoms with Gasteiger partial charge in [-0.15, -0.1) is 0 Å². The monoisotopic (exact) mass is 168 g/mol. The summed E-state index contributed by atoms with van der Waals surface area (Å²) >= 11 is 0. The second kappa shape index (κ2) is 3.20. The summed E-state index contributed by atoms with van der Waals surface area (Å²) in [6, 6.07) is 0. The van der Waals surface area contributed by atoms with Crippen LogP contribution in [0.15, 0.2) is 0 Å². The van der Waals surface area contributed by atoms with Crippen LogP contribution in [0, 0.1) is 17.3 Å². The van der Waals surface area contributed by atoms with Gasteiger partial charge in [0.05, 0.1) is 0 Å². The van der Waals surface area contributed by atoms with Crippen LogP contribution in [0.25, 0.3) is 0 Å². The topological polar surface area (TPSA) is 17.1 Å². The van der Waals surface area contributed by atoms with Crippen LogP contribution < -0.4 is 0 Å². The normalized spacial score (nSPS) is 36.4. The van der Waals surface area contributed by atoms with Gasteiger partial charge in [-0.3, -0.25) is 4.79 Å². The molecule has 1 fully saturated rings. The van der Waals surface area contributed by atoms with Crippen molar-refractivity contribution >= 4 is 5.78 Å². The van der Waals surface area contributed by atoms with Crippen molar-refractivity contribution in [2.75, 3.05) is 0 Å². The molecule has 0 spiro atoms. The van der Waals surface area contributed by atoms with Crippen LogP contribution in [0.5, 0.6) is 0 Å². The molecule has 1 heteroatoms. The molecule has 0 amide bonds. The largest absolute Gasteiger partial charge is 0.299 e. The highest BCUT2D eigenvalue weighted by Crippen LogP contribution is 2.43. The van der Waals surface area contributed by atoms with Gasteiger partial charge in [-0.05, 0) is 24.7 Å². The summed E-state index contributed by atoms with van der Waals surface area (Å²) in [5, 5.41) is 0. The minimum Gasteiger partial charge on any atom is -0.299 e. The van der Waals surface area contributed by atoms with E-state index < -0.39 is 0 Å². The van der Waals surface area contributed by atoms with Gasteiger partial charge in [0.15, 0.2) is 0 Å². The fourth-order valence-electron chi connectivity index (χ4n) is 2.06. The predicted molar refractivity (Wildman–Crippen MR) is 51.0 cm³/mol. The van der Waals surface area contributed by atoms with Crippen LogP contribution >= 0.6 is 0 Å². The van der Waals surface area contributed by atoms with Gasteiger partial charge < -0.3 is 0 Å². The molecule has 0 aromatic heterocycles. The van der Waals surface area contributed by atoms with E-state index in [-0.39, 0.29) is 5.41 Å². The number of carbonyl (C=O) groups excluding carboxylic acids is 1. The van der Waals surface area contributed by atoms with Crippen molar-refractivity contribution in [2.24, 2.45) is 17.3 Å². The molecule has 1 saturated carbocycles. The smallest absolute Gasteiger partial charge is 0.139 e. The van der Waals surface area contributed by atoms with E-state index in [1.165, 1.54) is 0 Å². The van der Waals surface area contributed by atoms with Crippen LogP contribution in [-0.2, 0) is 4.79 Å². The van der Waals surface area contributed by atoms with E-state index in [1.54, 1.807) is 0 Å². The molecule has 0 aliphatic heterocycles. The lowest BCUT2D eigenvalue weighted by molar-refractivity contribution is -0.125. The fourth-order valence-corrected chi connectivity index (χ4v) is 2.06. The van der Waals surface area contributed by atoms with E-state index in [0.29, 0.717) is 17.6 Å². The fraction of sp³-hybridized carbons (Fsp3) is 0.909. The van der Waals surface area contributed by atoms with Gasteiger partial charge in [-0.2, -0.15) is 0 Å². The number of carbonyl (C=O) groups is 1. The van der Waals surface area contributed by atoms with Crippen molar-refractivity contribution in [1.82, 2.24) is 0 Å². The summed E-state index contributed by atoms with van der Waals surface area (Å²) in [5.41, 5.74) is 0.00887. The molecule has 0 aromatic rings. The molecule has 1 nitrogen and oxygen atoms in total. The molecule has 1 aliphatic carbocycles. The summed E-state index contributed by atoms with van der Waals surface area (Å²) < 4.78 is 0. The van der Waals surface area contributed by atoms with E-state index in [2.05, 4.69) is 27.7 Å². The number of hydrogen-bond acceptors (Lipinski definition) is 1. The quantitative estimate of drug-likeness (QED) is 0.619.